The van der Waals surface area contributed by atoms with Crippen LogP contribution in [0.3, 0.4) is 0 Å². The molecule has 0 aromatic carbocycles. The second kappa shape index (κ2) is 5.08. The maximum Gasteiger partial charge on any atom is 0.218 e. The summed E-state index contributed by atoms with van der Waals surface area (Å²) in [6.45, 7) is 0.391. The molecule has 2 aromatic heterocycles. The molecule has 3 atom stereocenters. The first kappa shape index (κ1) is 13.7. The van der Waals surface area contributed by atoms with E-state index in [0.717, 1.165) is 5.56 Å². The summed E-state index contributed by atoms with van der Waals surface area (Å²) in [4.78, 5) is 16.1. The number of fused-ring (bicyclic) bond motifs is 2. The zero-order chi connectivity index (χ0) is 15.3. The van der Waals surface area contributed by atoms with Crippen LogP contribution in [0.2, 0.25) is 0 Å². The van der Waals surface area contributed by atoms with Crippen LogP contribution in [-0.2, 0) is 21.3 Å². The van der Waals surface area contributed by atoms with Crippen LogP contribution in [0.5, 0.6) is 0 Å². The first-order chi connectivity index (χ1) is 10.6. The lowest BCUT2D eigenvalue weighted by Gasteiger charge is -2.26. The number of rotatable bonds is 2. The Morgan fingerprint density at radius 1 is 1.45 bits per heavy atom. The van der Waals surface area contributed by atoms with E-state index in [9.17, 15) is 4.79 Å². The highest BCUT2D eigenvalue weighted by molar-refractivity contribution is 7.71. The van der Waals surface area contributed by atoms with E-state index in [0.29, 0.717) is 23.6 Å². The van der Waals surface area contributed by atoms with Crippen molar-refractivity contribution in [3.63, 3.8) is 0 Å². The van der Waals surface area contributed by atoms with Crippen molar-refractivity contribution in [1.29, 1.82) is 0 Å². The lowest BCUT2D eigenvalue weighted by molar-refractivity contribution is -0.156. The molecule has 2 aliphatic heterocycles. The van der Waals surface area contributed by atoms with Gasteiger partial charge < -0.3 is 14.0 Å². The summed E-state index contributed by atoms with van der Waals surface area (Å²) in [6.07, 6.45) is 2.87. The SMILES string of the molecule is Cn1c(-c2cccnc2)nn([C@H]2CC(=O)[C@H]3OC[C@@H]2O3)c1=S. The van der Waals surface area contributed by atoms with Crippen molar-refractivity contribution >= 4 is 18.0 Å². The number of carbonyl (C=O) groups excluding carboxylic acids is 1. The van der Waals surface area contributed by atoms with Crippen molar-refractivity contribution in [2.75, 3.05) is 6.61 Å². The molecule has 22 heavy (non-hydrogen) atoms. The fourth-order valence-corrected chi connectivity index (χ4v) is 3.15. The molecular formula is C14H14N4O3S. The lowest BCUT2D eigenvalue weighted by Crippen LogP contribution is -2.37. The van der Waals surface area contributed by atoms with Gasteiger partial charge in [-0.1, -0.05) is 0 Å². The van der Waals surface area contributed by atoms with Gasteiger partial charge in [-0.05, 0) is 24.4 Å². The number of hydrogen-bond donors (Lipinski definition) is 0. The predicted octanol–water partition coefficient (Wildman–Crippen LogP) is 1.27. The fraction of sp³-hybridized carbons (Fsp3) is 0.429. The van der Waals surface area contributed by atoms with Gasteiger partial charge in [0.1, 0.15) is 6.10 Å². The lowest BCUT2D eigenvalue weighted by atomic mass is 10.0. The summed E-state index contributed by atoms with van der Waals surface area (Å²) in [5, 5.41) is 4.60. The molecule has 2 saturated heterocycles. The number of ketones is 1. The van der Waals surface area contributed by atoms with Gasteiger partial charge in [0.25, 0.3) is 0 Å². The molecular weight excluding hydrogens is 304 g/mol. The molecule has 4 rings (SSSR count). The van der Waals surface area contributed by atoms with Crippen molar-refractivity contribution in [3.8, 4) is 11.4 Å². The van der Waals surface area contributed by atoms with Gasteiger partial charge in [0.15, 0.2) is 16.4 Å². The number of nitrogens with zero attached hydrogens (tertiary/aromatic N) is 4. The van der Waals surface area contributed by atoms with Crippen molar-refractivity contribution < 1.29 is 14.3 Å². The Morgan fingerprint density at radius 2 is 2.32 bits per heavy atom. The average Bonchev–Trinajstić information content (AvgIpc) is 3.09. The Kier molecular flexibility index (Phi) is 3.17. The van der Waals surface area contributed by atoms with E-state index in [4.69, 9.17) is 21.7 Å². The minimum Gasteiger partial charge on any atom is -0.343 e. The topological polar surface area (TPSA) is 71.2 Å². The number of ether oxygens (including phenoxy) is 2. The maximum atomic E-state index is 12.0. The van der Waals surface area contributed by atoms with Gasteiger partial charge in [-0.25, -0.2) is 4.68 Å². The van der Waals surface area contributed by atoms with Crippen LogP contribution < -0.4 is 0 Å². The van der Waals surface area contributed by atoms with Gasteiger partial charge in [0.2, 0.25) is 6.29 Å². The summed E-state index contributed by atoms with van der Waals surface area (Å²) < 4.78 is 15.0. The number of Topliss-reactive ketones (excluding diaryl/α,β-unsaturated/α-hetero) is 1. The Labute approximate surface area is 131 Å². The molecule has 114 valence electrons. The van der Waals surface area contributed by atoms with Crippen molar-refractivity contribution in [2.45, 2.75) is 24.9 Å². The van der Waals surface area contributed by atoms with Crippen LogP contribution in [-0.4, -0.2) is 44.1 Å². The molecule has 0 spiro atoms. The molecule has 0 amide bonds. The molecule has 0 radical (unpaired) electrons. The zero-order valence-electron chi connectivity index (χ0n) is 11.9. The van der Waals surface area contributed by atoms with E-state index in [1.165, 1.54) is 0 Å². The van der Waals surface area contributed by atoms with Crippen LogP contribution in [0.25, 0.3) is 11.4 Å². The molecule has 2 bridgehead atoms. The van der Waals surface area contributed by atoms with Gasteiger partial charge in [0.05, 0.1) is 12.6 Å². The summed E-state index contributed by atoms with van der Waals surface area (Å²) in [6, 6.07) is 3.54. The van der Waals surface area contributed by atoms with E-state index in [2.05, 4.69) is 10.1 Å². The van der Waals surface area contributed by atoms with Crippen LogP contribution in [0.1, 0.15) is 12.5 Å². The summed E-state index contributed by atoms with van der Waals surface area (Å²) in [5.74, 6) is 0.654. The van der Waals surface area contributed by atoms with E-state index >= 15 is 0 Å². The molecule has 0 N–H and O–H groups in total. The van der Waals surface area contributed by atoms with Crippen molar-refractivity contribution in [1.82, 2.24) is 19.3 Å². The Morgan fingerprint density at radius 3 is 3.09 bits per heavy atom. The van der Waals surface area contributed by atoms with Crippen molar-refractivity contribution in [2.24, 2.45) is 7.05 Å². The molecule has 4 heterocycles. The van der Waals surface area contributed by atoms with Gasteiger partial charge in [-0.2, -0.15) is 5.10 Å². The van der Waals surface area contributed by atoms with E-state index < -0.39 is 6.29 Å². The second-order valence-electron chi connectivity index (χ2n) is 5.43. The Hall–Kier alpha value is -1.90. The number of carbonyl (C=O) groups is 1. The quantitative estimate of drug-likeness (QED) is 0.777. The molecule has 0 unspecified atom stereocenters. The third-order valence-electron chi connectivity index (χ3n) is 4.05. The monoisotopic (exact) mass is 318 g/mol. The fourth-order valence-electron chi connectivity index (χ4n) is 2.89. The highest BCUT2D eigenvalue weighted by atomic mass is 32.1. The molecule has 0 saturated carbocycles. The number of pyridine rings is 1. The zero-order valence-corrected chi connectivity index (χ0v) is 12.7. The highest BCUT2D eigenvalue weighted by Gasteiger charge is 2.45. The summed E-state index contributed by atoms with van der Waals surface area (Å²) in [7, 11) is 1.85. The van der Waals surface area contributed by atoms with Crippen molar-refractivity contribution in [3.05, 3.63) is 29.3 Å². The first-order valence-corrected chi connectivity index (χ1v) is 7.41. The third kappa shape index (κ3) is 2.03. The van der Waals surface area contributed by atoms with Crippen LogP contribution in [0.15, 0.2) is 24.5 Å². The Balaban J connectivity index is 1.77. The van der Waals surface area contributed by atoms with Crippen LogP contribution in [0, 0.1) is 4.77 Å². The number of aromatic nitrogens is 4. The average molecular weight is 318 g/mol. The van der Waals surface area contributed by atoms with Gasteiger partial charge in [-0.15, -0.1) is 0 Å². The van der Waals surface area contributed by atoms with E-state index in [-0.39, 0.29) is 17.9 Å². The highest BCUT2D eigenvalue weighted by Crippen LogP contribution is 2.33. The van der Waals surface area contributed by atoms with E-state index in [1.54, 1.807) is 17.1 Å². The van der Waals surface area contributed by atoms with Gasteiger partial charge in [0, 0.05) is 31.4 Å². The summed E-state index contributed by atoms with van der Waals surface area (Å²) in [5.41, 5.74) is 0.874. The van der Waals surface area contributed by atoms with E-state index in [1.807, 2.05) is 23.7 Å². The third-order valence-corrected chi connectivity index (χ3v) is 4.51. The molecule has 2 aromatic rings. The molecule has 2 fully saturated rings. The smallest absolute Gasteiger partial charge is 0.218 e. The largest absolute Gasteiger partial charge is 0.343 e. The minimum absolute atomic E-state index is 0.0609. The minimum atomic E-state index is -0.711. The molecule has 7 nitrogen and oxygen atoms in total. The summed E-state index contributed by atoms with van der Waals surface area (Å²) >= 11 is 5.48. The first-order valence-electron chi connectivity index (χ1n) is 7.01. The normalized spacial score (nSPS) is 27.3. The number of hydrogen-bond acceptors (Lipinski definition) is 6. The molecule has 2 aliphatic rings. The van der Waals surface area contributed by atoms with Crippen LogP contribution in [0.4, 0.5) is 0 Å². The van der Waals surface area contributed by atoms with Crippen LogP contribution >= 0.6 is 12.2 Å². The Bertz CT molecular complexity index is 785. The molecule has 8 heteroatoms. The standard InChI is InChI=1S/C14H14N4O3S/c1-17-12(8-3-2-4-15-6-8)16-18(14(17)22)9-5-10(19)13-20-7-11(9)21-13/h2-4,6,9,11,13H,5,7H2,1H3/t9-,11-,13-/m0/s1. The van der Waals surface area contributed by atoms with Gasteiger partial charge >= 0.3 is 0 Å². The maximum absolute atomic E-state index is 12.0. The second-order valence-corrected chi connectivity index (χ2v) is 5.79. The molecule has 0 aliphatic carbocycles. The van der Waals surface area contributed by atoms with Gasteiger partial charge in [-0.3, -0.25) is 9.78 Å². The predicted molar refractivity (Wildman–Crippen MR) is 78.5 cm³/mol.